The van der Waals surface area contributed by atoms with E-state index in [1.165, 1.54) is 0 Å². The molecule has 1 heterocycles. The van der Waals surface area contributed by atoms with E-state index in [0.717, 1.165) is 0 Å². The van der Waals surface area contributed by atoms with Crippen molar-refractivity contribution in [2.45, 2.75) is 39.8 Å². The van der Waals surface area contributed by atoms with Crippen LogP contribution in [0, 0.1) is 5.41 Å². The van der Waals surface area contributed by atoms with E-state index in [1.807, 2.05) is 20.8 Å². The number of carboxylic acids is 1. The molecule has 0 bridgehead atoms. The molecule has 0 aromatic carbocycles. The topological polar surface area (TPSA) is 101 Å². The van der Waals surface area contributed by atoms with Gasteiger partial charge < -0.3 is 9.67 Å². The number of sulfonamides is 1. The van der Waals surface area contributed by atoms with Crippen LogP contribution in [0.3, 0.4) is 0 Å². The van der Waals surface area contributed by atoms with E-state index in [1.54, 1.807) is 23.3 Å². The van der Waals surface area contributed by atoms with E-state index in [0.29, 0.717) is 6.54 Å². The average molecular weight is 303 g/mol. The standard InChI is InChI=1S/C12H21N3O4S/c1-12(2,3)10(8-15-6-5-13-9-15)14-20(18,19)7-4-11(16)17/h5-6,9-10,14H,4,7-8H2,1-3H3,(H,16,17). The van der Waals surface area contributed by atoms with Crippen LogP contribution in [-0.4, -0.2) is 40.8 Å². The van der Waals surface area contributed by atoms with Gasteiger partial charge in [-0.3, -0.25) is 4.79 Å². The van der Waals surface area contributed by atoms with E-state index < -0.39 is 28.2 Å². The summed E-state index contributed by atoms with van der Waals surface area (Å²) < 4.78 is 28.2. The van der Waals surface area contributed by atoms with Gasteiger partial charge in [0.1, 0.15) is 0 Å². The first kappa shape index (κ1) is 16.6. The zero-order valence-corrected chi connectivity index (χ0v) is 12.7. The van der Waals surface area contributed by atoms with Gasteiger partial charge >= 0.3 is 5.97 Å². The van der Waals surface area contributed by atoms with Gasteiger partial charge in [-0.25, -0.2) is 18.1 Å². The van der Waals surface area contributed by atoms with Crippen LogP contribution >= 0.6 is 0 Å². The van der Waals surface area contributed by atoms with Crippen LogP contribution in [0.4, 0.5) is 0 Å². The van der Waals surface area contributed by atoms with Crippen molar-refractivity contribution >= 4 is 16.0 Å². The van der Waals surface area contributed by atoms with Crippen molar-refractivity contribution in [3.8, 4) is 0 Å². The van der Waals surface area contributed by atoms with E-state index in [-0.39, 0.29) is 11.5 Å². The summed E-state index contributed by atoms with van der Waals surface area (Å²) in [6.07, 6.45) is 4.59. The quantitative estimate of drug-likeness (QED) is 0.772. The van der Waals surface area contributed by atoms with Crippen LogP contribution in [-0.2, 0) is 21.4 Å². The number of rotatable bonds is 7. The number of nitrogens with zero attached hydrogens (tertiary/aromatic N) is 2. The molecule has 1 atom stereocenters. The Morgan fingerprint density at radius 1 is 1.45 bits per heavy atom. The Morgan fingerprint density at radius 3 is 2.55 bits per heavy atom. The van der Waals surface area contributed by atoms with E-state index >= 15 is 0 Å². The van der Waals surface area contributed by atoms with Crippen molar-refractivity contribution in [3.63, 3.8) is 0 Å². The summed E-state index contributed by atoms with van der Waals surface area (Å²) in [7, 11) is -3.63. The summed E-state index contributed by atoms with van der Waals surface area (Å²) in [5.41, 5.74) is -0.305. The molecule has 2 N–H and O–H groups in total. The summed E-state index contributed by atoms with van der Waals surface area (Å²) in [6.45, 7) is 6.22. The molecule has 0 aliphatic rings. The smallest absolute Gasteiger partial charge is 0.304 e. The lowest BCUT2D eigenvalue weighted by Crippen LogP contribution is -2.47. The maximum atomic E-state index is 11.9. The van der Waals surface area contributed by atoms with E-state index in [9.17, 15) is 13.2 Å². The number of hydrogen-bond acceptors (Lipinski definition) is 4. The van der Waals surface area contributed by atoms with E-state index in [2.05, 4.69) is 9.71 Å². The molecule has 0 saturated heterocycles. The fourth-order valence-corrected chi connectivity index (χ4v) is 3.01. The summed E-state index contributed by atoms with van der Waals surface area (Å²) >= 11 is 0. The van der Waals surface area contributed by atoms with Crippen molar-refractivity contribution in [2.24, 2.45) is 5.41 Å². The summed E-state index contributed by atoms with van der Waals surface area (Å²) in [4.78, 5) is 14.4. The monoisotopic (exact) mass is 303 g/mol. The van der Waals surface area contributed by atoms with Crippen molar-refractivity contribution in [2.75, 3.05) is 5.75 Å². The highest BCUT2D eigenvalue weighted by Crippen LogP contribution is 2.21. The van der Waals surface area contributed by atoms with Crippen LogP contribution in [0.15, 0.2) is 18.7 Å². The lowest BCUT2D eigenvalue weighted by atomic mass is 9.87. The third-order valence-electron chi connectivity index (χ3n) is 2.90. The molecule has 0 amide bonds. The normalized spacial score (nSPS) is 14.2. The van der Waals surface area contributed by atoms with Gasteiger partial charge in [-0.1, -0.05) is 20.8 Å². The average Bonchev–Trinajstić information content (AvgIpc) is 2.77. The zero-order chi connectivity index (χ0) is 15.4. The number of aliphatic carboxylic acids is 1. The molecule has 114 valence electrons. The molecule has 0 fully saturated rings. The molecule has 1 unspecified atom stereocenters. The lowest BCUT2D eigenvalue weighted by molar-refractivity contribution is -0.136. The van der Waals surface area contributed by atoms with Crippen LogP contribution < -0.4 is 4.72 Å². The molecule has 1 rings (SSSR count). The van der Waals surface area contributed by atoms with Gasteiger partial charge in [-0.2, -0.15) is 0 Å². The first-order chi connectivity index (χ1) is 9.10. The molecule has 7 nitrogen and oxygen atoms in total. The fourth-order valence-electron chi connectivity index (χ4n) is 1.59. The molecule has 0 aliphatic heterocycles. The van der Waals surface area contributed by atoms with Crippen LogP contribution in [0.25, 0.3) is 0 Å². The van der Waals surface area contributed by atoms with Gasteiger partial charge in [0.15, 0.2) is 0 Å². The largest absolute Gasteiger partial charge is 0.481 e. The van der Waals surface area contributed by atoms with Crippen molar-refractivity contribution < 1.29 is 18.3 Å². The second-order valence-corrected chi connectivity index (χ2v) is 7.63. The third kappa shape index (κ3) is 5.70. The maximum absolute atomic E-state index is 11.9. The summed E-state index contributed by atoms with van der Waals surface area (Å²) in [5, 5.41) is 8.57. The highest BCUT2D eigenvalue weighted by atomic mass is 32.2. The van der Waals surface area contributed by atoms with Gasteiger partial charge in [0.25, 0.3) is 0 Å². The van der Waals surface area contributed by atoms with Gasteiger partial charge in [0.05, 0.1) is 18.5 Å². The number of nitrogens with one attached hydrogen (secondary N) is 1. The Balaban J connectivity index is 2.77. The minimum Gasteiger partial charge on any atom is -0.481 e. The number of carboxylic acid groups (broad SMARTS) is 1. The Bertz CT molecular complexity index is 532. The molecule has 8 heteroatoms. The molecular formula is C12H21N3O4S. The van der Waals surface area contributed by atoms with Gasteiger partial charge in [-0.15, -0.1) is 0 Å². The molecule has 1 aromatic heterocycles. The minimum absolute atomic E-state index is 0.305. The summed E-state index contributed by atoms with van der Waals surface area (Å²) in [6, 6.07) is -0.351. The second-order valence-electron chi connectivity index (χ2n) is 5.76. The molecular weight excluding hydrogens is 282 g/mol. The zero-order valence-electron chi connectivity index (χ0n) is 11.9. The minimum atomic E-state index is -3.63. The van der Waals surface area contributed by atoms with Crippen LogP contribution in [0.1, 0.15) is 27.2 Å². The highest BCUT2D eigenvalue weighted by molar-refractivity contribution is 7.89. The number of aromatic nitrogens is 2. The predicted octanol–water partition coefficient (Wildman–Crippen LogP) is 0.692. The van der Waals surface area contributed by atoms with Gasteiger partial charge in [0, 0.05) is 25.0 Å². The molecule has 0 radical (unpaired) electrons. The number of carbonyl (C=O) groups is 1. The lowest BCUT2D eigenvalue weighted by Gasteiger charge is -2.31. The van der Waals surface area contributed by atoms with Crippen molar-refractivity contribution in [3.05, 3.63) is 18.7 Å². The van der Waals surface area contributed by atoms with Gasteiger partial charge in [0.2, 0.25) is 10.0 Å². The SMILES string of the molecule is CC(C)(C)C(Cn1ccnc1)NS(=O)(=O)CCC(=O)O. The molecule has 0 aliphatic carbocycles. The highest BCUT2D eigenvalue weighted by Gasteiger charge is 2.29. The molecule has 0 saturated carbocycles. The van der Waals surface area contributed by atoms with Gasteiger partial charge in [-0.05, 0) is 5.41 Å². The Labute approximate surface area is 119 Å². The molecule has 1 aromatic rings. The van der Waals surface area contributed by atoms with Crippen molar-refractivity contribution in [1.82, 2.24) is 14.3 Å². The number of hydrogen-bond donors (Lipinski definition) is 2. The van der Waals surface area contributed by atoms with Crippen LogP contribution in [0.2, 0.25) is 0 Å². The van der Waals surface area contributed by atoms with Crippen molar-refractivity contribution in [1.29, 1.82) is 0 Å². The molecule has 0 spiro atoms. The predicted molar refractivity (Wildman–Crippen MR) is 74.6 cm³/mol. The Morgan fingerprint density at radius 2 is 2.10 bits per heavy atom. The fraction of sp³-hybridized carbons (Fsp3) is 0.667. The maximum Gasteiger partial charge on any atom is 0.304 e. The second kappa shape index (κ2) is 6.36. The first-order valence-corrected chi connectivity index (χ1v) is 7.93. The number of imidazole rings is 1. The van der Waals surface area contributed by atoms with E-state index in [4.69, 9.17) is 5.11 Å². The Hall–Kier alpha value is -1.41. The summed E-state index contributed by atoms with van der Waals surface area (Å²) in [5.74, 6) is -1.55. The Kier molecular flexibility index (Phi) is 5.29. The first-order valence-electron chi connectivity index (χ1n) is 6.28. The van der Waals surface area contributed by atoms with Crippen LogP contribution in [0.5, 0.6) is 0 Å². The third-order valence-corrected chi connectivity index (χ3v) is 4.29. The molecule has 20 heavy (non-hydrogen) atoms.